The van der Waals surface area contributed by atoms with Gasteiger partial charge in [0.05, 0.1) is 22.8 Å². The Morgan fingerprint density at radius 2 is 2.20 bits per heavy atom. The summed E-state index contributed by atoms with van der Waals surface area (Å²) in [5.41, 5.74) is 2.57. The molecule has 0 fully saturated rings. The highest BCUT2D eigenvalue weighted by atomic mass is 32.1. The van der Waals surface area contributed by atoms with E-state index in [-0.39, 0.29) is 5.91 Å². The summed E-state index contributed by atoms with van der Waals surface area (Å²) in [5, 5.41) is 3.08. The van der Waals surface area contributed by atoms with Gasteiger partial charge in [0.25, 0.3) is 5.91 Å². The highest BCUT2D eigenvalue weighted by Gasteiger charge is 2.21. The fraction of sp³-hybridized carbons (Fsp3) is 0.273. The lowest BCUT2D eigenvalue weighted by molar-refractivity contribution is 0.0818. The van der Waals surface area contributed by atoms with Crippen molar-refractivity contribution in [2.45, 2.75) is 6.92 Å². The monoisotopic (exact) mass is 220 g/mol. The van der Waals surface area contributed by atoms with E-state index in [9.17, 15) is 4.79 Å². The van der Waals surface area contributed by atoms with Crippen LogP contribution in [0.1, 0.15) is 15.9 Å². The summed E-state index contributed by atoms with van der Waals surface area (Å²) < 4.78 is 0. The maximum absolute atomic E-state index is 12.0. The SMILES string of the molecule is Cc1ccc2c(c1)C(=O)N(C)CC(=S)N2. The molecule has 4 heteroatoms. The predicted molar refractivity (Wildman–Crippen MR) is 64.4 cm³/mol. The summed E-state index contributed by atoms with van der Waals surface area (Å²) in [6.07, 6.45) is 0. The van der Waals surface area contributed by atoms with Crippen LogP contribution < -0.4 is 5.32 Å². The molecular formula is C11H12N2OS. The second-order valence-corrected chi connectivity index (χ2v) is 4.25. The number of benzene rings is 1. The molecule has 0 radical (unpaired) electrons. The Morgan fingerprint density at radius 3 is 2.93 bits per heavy atom. The molecular weight excluding hydrogens is 208 g/mol. The van der Waals surface area contributed by atoms with E-state index >= 15 is 0 Å². The Morgan fingerprint density at radius 1 is 1.47 bits per heavy atom. The predicted octanol–water partition coefficient (Wildman–Crippen LogP) is 1.82. The third kappa shape index (κ3) is 1.85. The first-order chi connectivity index (χ1) is 7.08. The van der Waals surface area contributed by atoms with Gasteiger partial charge in [-0.2, -0.15) is 0 Å². The van der Waals surface area contributed by atoms with Crippen LogP contribution in [0.15, 0.2) is 18.2 Å². The number of thiocarbonyl (C=S) groups is 1. The van der Waals surface area contributed by atoms with Crippen LogP contribution in [0.3, 0.4) is 0 Å². The Hall–Kier alpha value is -1.42. The average molecular weight is 220 g/mol. The third-order valence-corrected chi connectivity index (χ3v) is 2.64. The minimum atomic E-state index is 0.0149. The number of anilines is 1. The maximum atomic E-state index is 12.0. The highest BCUT2D eigenvalue weighted by molar-refractivity contribution is 7.80. The molecule has 1 amide bonds. The molecule has 0 spiro atoms. The fourth-order valence-electron chi connectivity index (χ4n) is 1.63. The first-order valence-electron chi connectivity index (χ1n) is 4.74. The van der Waals surface area contributed by atoms with E-state index in [0.29, 0.717) is 17.1 Å². The van der Waals surface area contributed by atoms with Gasteiger partial charge in [0, 0.05) is 7.05 Å². The number of rotatable bonds is 0. The van der Waals surface area contributed by atoms with Gasteiger partial charge in [-0.3, -0.25) is 4.79 Å². The quantitative estimate of drug-likeness (QED) is 0.677. The van der Waals surface area contributed by atoms with Gasteiger partial charge in [0.15, 0.2) is 0 Å². The van der Waals surface area contributed by atoms with E-state index in [4.69, 9.17) is 12.2 Å². The number of fused-ring (bicyclic) bond motifs is 1. The van der Waals surface area contributed by atoms with Crippen molar-refractivity contribution in [2.75, 3.05) is 18.9 Å². The van der Waals surface area contributed by atoms with Crippen LogP contribution in [0, 0.1) is 6.92 Å². The van der Waals surface area contributed by atoms with Gasteiger partial charge < -0.3 is 10.2 Å². The number of amides is 1. The molecule has 2 rings (SSSR count). The van der Waals surface area contributed by atoms with Gasteiger partial charge in [-0.15, -0.1) is 0 Å². The number of hydrogen-bond donors (Lipinski definition) is 1. The van der Waals surface area contributed by atoms with E-state index in [1.807, 2.05) is 25.1 Å². The van der Waals surface area contributed by atoms with Crippen molar-refractivity contribution >= 4 is 28.8 Å². The zero-order valence-electron chi connectivity index (χ0n) is 8.70. The van der Waals surface area contributed by atoms with Gasteiger partial charge in [0.1, 0.15) is 0 Å². The lowest BCUT2D eigenvalue weighted by Crippen LogP contribution is -2.30. The Bertz CT molecular complexity index is 442. The molecule has 1 N–H and O–H groups in total. The molecule has 0 bridgehead atoms. The van der Waals surface area contributed by atoms with Crippen LogP contribution in [-0.4, -0.2) is 29.4 Å². The van der Waals surface area contributed by atoms with Crippen LogP contribution in [0.4, 0.5) is 5.69 Å². The van der Waals surface area contributed by atoms with Gasteiger partial charge in [-0.05, 0) is 19.1 Å². The lowest BCUT2D eigenvalue weighted by Gasteiger charge is -2.13. The van der Waals surface area contributed by atoms with Crippen molar-refractivity contribution in [3.05, 3.63) is 29.3 Å². The van der Waals surface area contributed by atoms with Crippen molar-refractivity contribution in [2.24, 2.45) is 0 Å². The fourth-order valence-corrected chi connectivity index (χ4v) is 1.93. The first kappa shape index (κ1) is 10.1. The van der Waals surface area contributed by atoms with Crippen LogP contribution in [-0.2, 0) is 0 Å². The van der Waals surface area contributed by atoms with E-state index in [2.05, 4.69) is 5.32 Å². The largest absolute Gasteiger partial charge is 0.348 e. The number of hydrogen-bond acceptors (Lipinski definition) is 2. The summed E-state index contributed by atoms with van der Waals surface area (Å²) in [6.45, 7) is 2.44. The summed E-state index contributed by atoms with van der Waals surface area (Å²) in [5.74, 6) is 0.0149. The molecule has 1 heterocycles. The van der Waals surface area contributed by atoms with Crippen molar-refractivity contribution in [1.29, 1.82) is 0 Å². The Kier molecular flexibility index (Phi) is 2.44. The Balaban J connectivity index is 2.55. The number of likely N-dealkylation sites (N-methyl/N-ethyl adjacent to an activating group) is 1. The van der Waals surface area contributed by atoms with E-state index in [0.717, 1.165) is 11.3 Å². The lowest BCUT2D eigenvalue weighted by atomic mass is 10.1. The number of nitrogens with zero attached hydrogens (tertiary/aromatic N) is 1. The minimum absolute atomic E-state index is 0.0149. The topological polar surface area (TPSA) is 32.3 Å². The van der Waals surface area contributed by atoms with E-state index in [1.165, 1.54) is 0 Å². The molecule has 1 aromatic carbocycles. The molecule has 1 aromatic rings. The zero-order valence-corrected chi connectivity index (χ0v) is 9.52. The van der Waals surface area contributed by atoms with Gasteiger partial charge >= 0.3 is 0 Å². The molecule has 0 aromatic heterocycles. The maximum Gasteiger partial charge on any atom is 0.256 e. The molecule has 0 unspecified atom stereocenters. The van der Waals surface area contributed by atoms with Crippen molar-refractivity contribution in [1.82, 2.24) is 4.90 Å². The number of carbonyl (C=O) groups excluding carboxylic acids is 1. The highest BCUT2D eigenvalue weighted by Crippen LogP contribution is 2.21. The van der Waals surface area contributed by atoms with Gasteiger partial charge in [-0.25, -0.2) is 0 Å². The van der Waals surface area contributed by atoms with Crippen LogP contribution in [0.5, 0.6) is 0 Å². The Labute approximate surface area is 94.1 Å². The molecule has 78 valence electrons. The summed E-state index contributed by atoms with van der Waals surface area (Å²) in [7, 11) is 1.76. The molecule has 0 atom stereocenters. The molecule has 1 aliphatic rings. The first-order valence-corrected chi connectivity index (χ1v) is 5.15. The van der Waals surface area contributed by atoms with Crippen LogP contribution in [0.2, 0.25) is 0 Å². The summed E-state index contributed by atoms with van der Waals surface area (Å²) >= 11 is 5.13. The molecule has 0 saturated carbocycles. The second kappa shape index (κ2) is 3.62. The number of carbonyl (C=O) groups is 1. The summed E-state index contributed by atoms with van der Waals surface area (Å²) in [6, 6.07) is 5.75. The van der Waals surface area contributed by atoms with Crippen LogP contribution >= 0.6 is 12.2 Å². The van der Waals surface area contributed by atoms with Crippen molar-refractivity contribution in [3.8, 4) is 0 Å². The minimum Gasteiger partial charge on any atom is -0.348 e. The average Bonchev–Trinajstić information content (AvgIpc) is 2.27. The second-order valence-electron chi connectivity index (χ2n) is 3.76. The standard InChI is InChI=1S/C11H12N2OS/c1-7-3-4-9-8(5-7)11(14)13(2)6-10(15)12-9/h3-5H,6H2,1-2H3,(H,12,15). The molecule has 0 aliphatic carbocycles. The van der Waals surface area contributed by atoms with Crippen molar-refractivity contribution < 1.29 is 4.79 Å². The molecule has 1 aliphatic heterocycles. The normalized spacial score (nSPS) is 15.7. The van der Waals surface area contributed by atoms with E-state index in [1.54, 1.807) is 11.9 Å². The zero-order chi connectivity index (χ0) is 11.0. The molecule has 15 heavy (non-hydrogen) atoms. The smallest absolute Gasteiger partial charge is 0.256 e. The van der Waals surface area contributed by atoms with Gasteiger partial charge in [0.2, 0.25) is 0 Å². The molecule has 3 nitrogen and oxygen atoms in total. The third-order valence-electron chi connectivity index (χ3n) is 2.41. The van der Waals surface area contributed by atoms with Crippen molar-refractivity contribution in [3.63, 3.8) is 0 Å². The molecule has 0 saturated heterocycles. The van der Waals surface area contributed by atoms with E-state index < -0.39 is 0 Å². The number of nitrogens with one attached hydrogen (secondary N) is 1. The summed E-state index contributed by atoms with van der Waals surface area (Å²) in [4.78, 5) is 14.3. The van der Waals surface area contributed by atoms with Crippen LogP contribution in [0.25, 0.3) is 0 Å². The number of aryl methyl sites for hydroxylation is 1. The van der Waals surface area contributed by atoms with Gasteiger partial charge in [-0.1, -0.05) is 23.8 Å².